The summed E-state index contributed by atoms with van der Waals surface area (Å²) >= 11 is 0. The molecule has 1 aliphatic carbocycles. The molecule has 108 valence electrons. The van der Waals surface area contributed by atoms with Crippen LogP contribution < -0.4 is 9.47 Å². The lowest BCUT2D eigenvalue weighted by Gasteiger charge is -2.24. The van der Waals surface area contributed by atoms with Crippen molar-refractivity contribution >= 4 is 0 Å². The Balaban J connectivity index is 2.29. The van der Waals surface area contributed by atoms with Crippen LogP contribution in [0.1, 0.15) is 50.0 Å². The summed E-state index contributed by atoms with van der Waals surface area (Å²) in [6.45, 7) is 0. The topological polar surface area (TPSA) is 42.2 Å². The standard InChI is InChI=1S/C17H23NO2/c1-19-16-9-8-14(12-17(16)20-2)15-7-5-3-4-6-13(15)10-11-18/h8-9,12-13,15H,3-7,10H2,1-2H3. The first-order valence-corrected chi connectivity index (χ1v) is 7.39. The molecule has 1 aromatic carbocycles. The van der Waals surface area contributed by atoms with Gasteiger partial charge >= 0.3 is 0 Å². The highest BCUT2D eigenvalue weighted by molar-refractivity contribution is 5.44. The Morgan fingerprint density at radius 3 is 2.55 bits per heavy atom. The van der Waals surface area contributed by atoms with Gasteiger partial charge in [0.2, 0.25) is 0 Å². The number of rotatable bonds is 4. The monoisotopic (exact) mass is 273 g/mol. The second-order valence-corrected chi connectivity index (χ2v) is 5.48. The number of hydrogen-bond acceptors (Lipinski definition) is 3. The summed E-state index contributed by atoms with van der Waals surface area (Å²) in [4.78, 5) is 0. The molecular weight excluding hydrogens is 250 g/mol. The molecular formula is C17H23NO2. The zero-order chi connectivity index (χ0) is 14.4. The van der Waals surface area contributed by atoms with E-state index in [1.165, 1.54) is 31.2 Å². The van der Waals surface area contributed by atoms with Crippen molar-refractivity contribution in [3.63, 3.8) is 0 Å². The maximum atomic E-state index is 9.06. The molecule has 3 heteroatoms. The maximum Gasteiger partial charge on any atom is 0.160 e. The van der Waals surface area contributed by atoms with Crippen LogP contribution in [0.25, 0.3) is 0 Å². The normalized spacial score (nSPS) is 22.6. The predicted octanol–water partition coefficient (Wildman–Crippen LogP) is 4.28. The minimum atomic E-state index is 0.469. The molecule has 0 heterocycles. The number of benzene rings is 1. The van der Waals surface area contributed by atoms with E-state index >= 15 is 0 Å². The molecule has 2 rings (SSSR count). The van der Waals surface area contributed by atoms with E-state index in [0.29, 0.717) is 18.3 Å². The second kappa shape index (κ2) is 7.19. The fraction of sp³-hybridized carbons (Fsp3) is 0.588. The van der Waals surface area contributed by atoms with Crippen molar-refractivity contribution in [1.82, 2.24) is 0 Å². The Bertz CT molecular complexity index is 478. The minimum Gasteiger partial charge on any atom is -0.493 e. The van der Waals surface area contributed by atoms with Crippen LogP contribution in [0, 0.1) is 17.2 Å². The van der Waals surface area contributed by atoms with Crippen molar-refractivity contribution in [3.8, 4) is 17.6 Å². The molecule has 2 atom stereocenters. The van der Waals surface area contributed by atoms with E-state index in [9.17, 15) is 0 Å². The van der Waals surface area contributed by atoms with Crippen LogP contribution in [0.15, 0.2) is 18.2 Å². The van der Waals surface area contributed by atoms with Crippen LogP contribution in [0.2, 0.25) is 0 Å². The lowest BCUT2D eigenvalue weighted by Crippen LogP contribution is -2.11. The van der Waals surface area contributed by atoms with E-state index in [-0.39, 0.29) is 0 Å². The summed E-state index contributed by atoms with van der Waals surface area (Å²) in [6, 6.07) is 8.54. The highest BCUT2D eigenvalue weighted by atomic mass is 16.5. The maximum absolute atomic E-state index is 9.06. The average molecular weight is 273 g/mol. The summed E-state index contributed by atoms with van der Waals surface area (Å²) in [7, 11) is 3.32. The lowest BCUT2D eigenvalue weighted by molar-refractivity contribution is 0.352. The van der Waals surface area contributed by atoms with E-state index in [0.717, 1.165) is 17.9 Å². The van der Waals surface area contributed by atoms with Crippen LogP contribution in [0.4, 0.5) is 0 Å². The minimum absolute atomic E-state index is 0.469. The van der Waals surface area contributed by atoms with Crippen molar-refractivity contribution in [2.24, 2.45) is 5.92 Å². The second-order valence-electron chi connectivity index (χ2n) is 5.48. The lowest BCUT2D eigenvalue weighted by atomic mass is 9.81. The Hall–Kier alpha value is -1.69. The third kappa shape index (κ3) is 3.25. The van der Waals surface area contributed by atoms with Crippen molar-refractivity contribution < 1.29 is 9.47 Å². The van der Waals surface area contributed by atoms with E-state index in [1.54, 1.807) is 14.2 Å². The van der Waals surface area contributed by atoms with Crippen molar-refractivity contribution in [2.75, 3.05) is 14.2 Å². The van der Waals surface area contributed by atoms with Gasteiger partial charge in [-0.05, 0) is 42.4 Å². The first-order chi connectivity index (χ1) is 9.80. The van der Waals surface area contributed by atoms with Crippen LogP contribution in [0.3, 0.4) is 0 Å². The molecule has 1 aliphatic rings. The molecule has 0 bridgehead atoms. The van der Waals surface area contributed by atoms with Gasteiger partial charge in [-0.1, -0.05) is 25.3 Å². The van der Waals surface area contributed by atoms with Crippen LogP contribution >= 0.6 is 0 Å². The summed E-state index contributed by atoms with van der Waals surface area (Å²) in [5.41, 5.74) is 1.28. The number of nitrogens with zero attached hydrogens (tertiary/aromatic N) is 1. The Morgan fingerprint density at radius 1 is 1.10 bits per heavy atom. The third-order valence-corrected chi connectivity index (χ3v) is 4.35. The first-order valence-electron chi connectivity index (χ1n) is 7.39. The summed E-state index contributed by atoms with van der Waals surface area (Å²) in [5.74, 6) is 2.49. The zero-order valence-corrected chi connectivity index (χ0v) is 12.4. The number of ether oxygens (including phenoxy) is 2. The number of hydrogen-bond donors (Lipinski definition) is 0. The Morgan fingerprint density at radius 2 is 1.85 bits per heavy atom. The van der Waals surface area contributed by atoms with Gasteiger partial charge in [0.1, 0.15) is 0 Å². The predicted molar refractivity (Wildman–Crippen MR) is 79.1 cm³/mol. The third-order valence-electron chi connectivity index (χ3n) is 4.35. The molecule has 0 aromatic heterocycles. The number of nitriles is 1. The number of methoxy groups -OCH3 is 2. The van der Waals surface area contributed by atoms with Gasteiger partial charge in [0.15, 0.2) is 11.5 Å². The molecule has 1 saturated carbocycles. The molecule has 1 fully saturated rings. The SMILES string of the molecule is COc1ccc(C2CCCCCC2CC#N)cc1OC. The van der Waals surface area contributed by atoms with E-state index in [4.69, 9.17) is 14.7 Å². The van der Waals surface area contributed by atoms with Gasteiger partial charge in [-0.15, -0.1) is 0 Å². The summed E-state index contributed by atoms with van der Waals surface area (Å²) in [5, 5.41) is 9.06. The molecule has 0 N–H and O–H groups in total. The van der Waals surface area contributed by atoms with Crippen LogP contribution in [0.5, 0.6) is 11.5 Å². The van der Waals surface area contributed by atoms with Gasteiger partial charge in [-0.25, -0.2) is 0 Å². The van der Waals surface area contributed by atoms with E-state index in [2.05, 4.69) is 18.2 Å². The molecule has 3 nitrogen and oxygen atoms in total. The fourth-order valence-electron chi connectivity index (χ4n) is 3.27. The smallest absolute Gasteiger partial charge is 0.160 e. The quantitative estimate of drug-likeness (QED) is 0.769. The fourth-order valence-corrected chi connectivity index (χ4v) is 3.27. The molecule has 1 aromatic rings. The van der Waals surface area contributed by atoms with E-state index in [1.807, 2.05) is 6.07 Å². The highest BCUT2D eigenvalue weighted by Crippen LogP contribution is 2.40. The van der Waals surface area contributed by atoms with Gasteiger partial charge in [0.25, 0.3) is 0 Å². The molecule has 0 aliphatic heterocycles. The average Bonchev–Trinajstić information content (AvgIpc) is 2.72. The van der Waals surface area contributed by atoms with Crippen molar-refractivity contribution in [3.05, 3.63) is 23.8 Å². The van der Waals surface area contributed by atoms with Gasteiger partial charge in [0, 0.05) is 6.42 Å². The highest BCUT2D eigenvalue weighted by Gasteiger charge is 2.25. The zero-order valence-electron chi connectivity index (χ0n) is 12.4. The van der Waals surface area contributed by atoms with Crippen LogP contribution in [-0.4, -0.2) is 14.2 Å². The largest absolute Gasteiger partial charge is 0.493 e. The first kappa shape index (κ1) is 14.7. The molecule has 0 spiro atoms. The van der Waals surface area contributed by atoms with Crippen molar-refractivity contribution in [1.29, 1.82) is 5.26 Å². The molecule has 2 unspecified atom stereocenters. The van der Waals surface area contributed by atoms with E-state index < -0.39 is 0 Å². The molecule has 0 saturated heterocycles. The molecule has 20 heavy (non-hydrogen) atoms. The Kier molecular flexibility index (Phi) is 5.29. The molecule has 0 amide bonds. The van der Waals surface area contributed by atoms with Crippen molar-refractivity contribution in [2.45, 2.75) is 44.4 Å². The Labute approximate surface area is 121 Å². The van der Waals surface area contributed by atoms with Crippen LogP contribution in [-0.2, 0) is 0 Å². The van der Waals surface area contributed by atoms with Gasteiger partial charge < -0.3 is 9.47 Å². The van der Waals surface area contributed by atoms with Gasteiger partial charge in [-0.3, -0.25) is 0 Å². The van der Waals surface area contributed by atoms with Gasteiger partial charge in [-0.2, -0.15) is 5.26 Å². The molecule has 0 radical (unpaired) electrons. The van der Waals surface area contributed by atoms with Gasteiger partial charge in [0.05, 0.1) is 20.3 Å². The summed E-state index contributed by atoms with van der Waals surface area (Å²) < 4.78 is 10.7. The summed E-state index contributed by atoms with van der Waals surface area (Å²) in [6.07, 6.45) is 6.76.